The summed E-state index contributed by atoms with van der Waals surface area (Å²) in [6.45, 7) is 0. The molecule has 0 fully saturated rings. The van der Waals surface area contributed by atoms with E-state index in [4.69, 9.17) is 18.0 Å². The van der Waals surface area contributed by atoms with Crippen molar-refractivity contribution in [2.75, 3.05) is 5.73 Å². The summed E-state index contributed by atoms with van der Waals surface area (Å²) >= 11 is 4.84. The molecule has 1 aromatic heterocycles. The molecule has 4 N–H and O–H groups in total. The van der Waals surface area contributed by atoms with Crippen LogP contribution in [0.2, 0.25) is 0 Å². The van der Waals surface area contributed by atoms with Crippen LogP contribution in [-0.2, 0) is 0 Å². The molecule has 13 heavy (non-hydrogen) atoms. The molecule has 0 aliphatic carbocycles. The van der Waals surface area contributed by atoms with E-state index in [1.807, 2.05) is 24.3 Å². The molecule has 5 heteroatoms. The first-order valence-electron chi connectivity index (χ1n) is 3.76. The first-order valence-corrected chi connectivity index (χ1v) is 4.17. The first kappa shape index (κ1) is 8.00. The number of aromatic amines is 2. The molecule has 0 atom stereocenters. The minimum atomic E-state index is 0.442. The molecule has 1 heterocycles. The summed E-state index contributed by atoms with van der Waals surface area (Å²) in [6, 6.07) is 7.44. The molecule has 2 aromatic rings. The van der Waals surface area contributed by atoms with E-state index in [1.165, 1.54) is 0 Å². The van der Waals surface area contributed by atoms with Crippen molar-refractivity contribution < 1.29 is 0 Å². The number of anilines is 1. The maximum atomic E-state index is 5.62. The van der Waals surface area contributed by atoms with Crippen LogP contribution in [0.25, 0.3) is 11.4 Å². The van der Waals surface area contributed by atoms with Crippen molar-refractivity contribution in [1.82, 2.24) is 15.2 Å². The number of nitrogen functional groups attached to an aromatic ring is 1. The highest BCUT2D eigenvalue weighted by Crippen LogP contribution is 2.16. The van der Waals surface area contributed by atoms with Gasteiger partial charge in [-0.2, -0.15) is 4.98 Å². The maximum absolute atomic E-state index is 5.62. The quantitative estimate of drug-likeness (QED) is 0.476. The second-order valence-corrected chi connectivity index (χ2v) is 3.03. The zero-order chi connectivity index (χ0) is 9.26. The second kappa shape index (κ2) is 3.02. The number of hydrogen-bond donors (Lipinski definition) is 3. The minimum Gasteiger partial charge on any atom is -0.399 e. The third-order valence-electron chi connectivity index (χ3n) is 1.66. The lowest BCUT2D eigenvalue weighted by Crippen LogP contribution is -1.86. The Balaban J connectivity index is 2.52. The number of hydrogen-bond acceptors (Lipinski definition) is 3. The Morgan fingerprint density at radius 2 is 2.15 bits per heavy atom. The van der Waals surface area contributed by atoms with Gasteiger partial charge < -0.3 is 5.73 Å². The van der Waals surface area contributed by atoms with Crippen LogP contribution in [0.3, 0.4) is 0 Å². The molecule has 0 radical (unpaired) electrons. The number of nitrogens with two attached hydrogens (primary N) is 1. The van der Waals surface area contributed by atoms with E-state index >= 15 is 0 Å². The highest BCUT2D eigenvalue weighted by Gasteiger charge is 1.99. The van der Waals surface area contributed by atoms with E-state index in [-0.39, 0.29) is 0 Å². The topological polar surface area (TPSA) is 70.5 Å². The highest BCUT2D eigenvalue weighted by atomic mass is 32.1. The summed E-state index contributed by atoms with van der Waals surface area (Å²) in [5.41, 5.74) is 7.26. The Labute approximate surface area is 79.8 Å². The molecule has 0 unspecified atom stereocenters. The van der Waals surface area contributed by atoms with Crippen LogP contribution in [0.1, 0.15) is 0 Å². The van der Waals surface area contributed by atoms with E-state index in [2.05, 4.69) is 15.2 Å². The van der Waals surface area contributed by atoms with Gasteiger partial charge in [0.25, 0.3) is 0 Å². The van der Waals surface area contributed by atoms with Crippen molar-refractivity contribution in [2.24, 2.45) is 0 Å². The average molecular weight is 192 g/mol. The zero-order valence-electron chi connectivity index (χ0n) is 6.74. The molecule has 2 rings (SSSR count). The summed E-state index contributed by atoms with van der Waals surface area (Å²) in [6.07, 6.45) is 0. The van der Waals surface area contributed by atoms with Crippen molar-refractivity contribution in [3.8, 4) is 11.4 Å². The predicted octanol–water partition coefficient (Wildman–Crippen LogP) is 1.72. The van der Waals surface area contributed by atoms with Crippen LogP contribution in [-0.4, -0.2) is 15.2 Å². The molecule has 0 aliphatic rings. The van der Waals surface area contributed by atoms with Crippen LogP contribution >= 0.6 is 12.2 Å². The summed E-state index contributed by atoms with van der Waals surface area (Å²) in [5.74, 6) is 0.706. The van der Waals surface area contributed by atoms with Crippen molar-refractivity contribution in [1.29, 1.82) is 0 Å². The average Bonchev–Trinajstić information content (AvgIpc) is 2.52. The summed E-state index contributed by atoms with van der Waals surface area (Å²) in [7, 11) is 0. The minimum absolute atomic E-state index is 0.442. The largest absolute Gasteiger partial charge is 0.399 e. The van der Waals surface area contributed by atoms with E-state index < -0.39 is 0 Å². The van der Waals surface area contributed by atoms with E-state index in [0.29, 0.717) is 16.3 Å². The normalized spacial score (nSPS) is 10.2. The first-order chi connectivity index (χ1) is 6.25. The van der Waals surface area contributed by atoms with Crippen LogP contribution < -0.4 is 5.73 Å². The molecule has 4 nitrogen and oxygen atoms in total. The summed E-state index contributed by atoms with van der Waals surface area (Å²) in [5, 5.41) is 5.58. The summed E-state index contributed by atoms with van der Waals surface area (Å²) < 4.78 is 0.442. The third kappa shape index (κ3) is 1.59. The molecule has 0 saturated heterocycles. The van der Waals surface area contributed by atoms with Gasteiger partial charge in [0.05, 0.1) is 0 Å². The molecule has 0 spiro atoms. The lowest BCUT2D eigenvalue weighted by atomic mass is 10.2. The van der Waals surface area contributed by atoms with Gasteiger partial charge >= 0.3 is 0 Å². The Morgan fingerprint density at radius 3 is 2.77 bits per heavy atom. The van der Waals surface area contributed by atoms with Crippen LogP contribution in [0.15, 0.2) is 24.3 Å². The number of H-pyrrole nitrogens is 2. The maximum Gasteiger partial charge on any atom is 0.213 e. The fraction of sp³-hybridized carbons (Fsp3) is 0. The molecule has 0 saturated carbocycles. The number of aromatic nitrogens is 3. The molecule has 0 amide bonds. The van der Waals surface area contributed by atoms with E-state index in [0.717, 1.165) is 5.56 Å². The SMILES string of the molecule is Nc1cccc(-c2nc(=S)[nH][nH]2)c1. The Bertz CT molecular complexity index is 471. The van der Waals surface area contributed by atoms with Gasteiger partial charge in [-0.3, -0.25) is 10.2 Å². The van der Waals surface area contributed by atoms with Crippen molar-refractivity contribution in [3.05, 3.63) is 29.0 Å². The summed E-state index contributed by atoms with van der Waals surface area (Å²) in [4.78, 5) is 4.07. The van der Waals surface area contributed by atoms with E-state index in [1.54, 1.807) is 0 Å². The molecule has 1 aromatic carbocycles. The lowest BCUT2D eigenvalue weighted by molar-refractivity contribution is 1.08. The molecular weight excluding hydrogens is 184 g/mol. The van der Waals surface area contributed by atoms with Crippen LogP contribution in [0.5, 0.6) is 0 Å². The van der Waals surface area contributed by atoms with Crippen LogP contribution in [0, 0.1) is 4.77 Å². The highest BCUT2D eigenvalue weighted by molar-refractivity contribution is 7.71. The van der Waals surface area contributed by atoms with Gasteiger partial charge in [0, 0.05) is 11.3 Å². The van der Waals surface area contributed by atoms with Gasteiger partial charge in [-0.25, -0.2) is 0 Å². The Morgan fingerprint density at radius 1 is 1.31 bits per heavy atom. The Hall–Kier alpha value is -1.62. The van der Waals surface area contributed by atoms with Gasteiger partial charge in [0.1, 0.15) is 0 Å². The van der Waals surface area contributed by atoms with Gasteiger partial charge in [-0.1, -0.05) is 12.1 Å². The van der Waals surface area contributed by atoms with Gasteiger partial charge in [0.2, 0.25) is 4.77 Å². The van der Waals surface area contributed by atoms with Crippen molar-refractivity contribution in [2.45, 2.75) is 0 Å². The number of benzene rings is 1. The Kier molecular flexibility index (Phi) is 1.86. The van der Waals surface area contributed by atoms with Crippen LogP contribution in [0.4, 0.5) is 5.69 Å². The fourth-order valence-electron chi connectivity index (χ4n) is 1.09. The lowest BCUT2D eigenvalue weighted by Gasteiger charge is -1.96. The van der Waals surface area contributed by atoms with Crippen molar-refractivity contribution >= 4 is 17.9 Å². The second-order valence-electron chi connectivity index (χ2n) is 2.64. The smallest absolute Gasteiger partial charge is 0.213 e. The van der Waals surface area contributed by atoms with E-state index in [9.17, 15) is 0 Å². The molecule has 0 bridgehead atoms. The number of rotatable bonds is 1. The standard InChI is InChI=1S/C8H8N4S/c9-6-3-1-2-5(4-6)7-10-8(13)12-11-7/h1-4H,9H2,(H2,10,11,12,13). The van der Waals surface area contributed by atoms with Gasteiger partial charge in [-0.05, 0) is 24.4 Å². The fourth-order valence-corrected chi connectivity index (χ4v) is 1.24. The molecule has 66 valence electrons. The van der Waals surface area contributed by atoms with Gasteiger partial charge in [-0.15, -0.1) is 0 Å². The third-order valence-corrected chi connectivity index (χ3v) is 1.85. The monoisotopic (exact) mass is 192 g/mol. The zero-order valence-corrected chi connectivity index (χ0v) is 7.56. The number of nitrogens with zero attached hydrogens (tertiary/aromatic N) is 1. The van der Waals surface area contributed by atoms with Gasteiger partial charge in [0.15, 0.2) is 5.82 Å². The predicted molar refractivity (Wildman–Crippen MR) is 53.6 cm³/mol. The number of nitrogens with one attached hydrogen (secondary N) is 2. The van der Waals surface area contributed by atoms with Crippen molar-refractivity contribution in [3.63, 3.8) is 0 Å². The molecular formula is C8H8N4S. The molecule has 0 aliphatic heterocycles.